The molecule has 0 spiro atoms. The Hall–Kier alpha value is -1.51. The summed E-state index contributed by atoms with van der Waals surface area (Å²) in [7, 11) is 3.38. The zero-order valence-corrected chi connectivity index (χ0v) is 15.9. The summed E-state index contributed by atoms with van der Waals surface area (Å²) in [6.45, 7) is 1.91. The minimum absolute atomic E-state index is 0. The van der Waals surface area contributed by atoms with Crippen molar-refractivity contribution in [3.8, 4) is 5.75 Å². The van der Waals surface area contributed by atoms with E-state index in [-0.39, 0.29) is 35.8 Å². The number of benzene rings is 1. The maximum Gasteiger partial charge on any atom is 0.223 e. The number of rotatable bonds is 7. The number of amides is 1. The van der Waals surface area contributed by atoms with Gasteiger partial charge in [0.2, 0.25) is 5.91 Å². The van der Waals surface area contributed by atoms with Crippen LogP contribution < -0.4 is 20.7 Å². The lowest BCUT2D eigenvalue weighted by Crippen LogP contribution is -2.41. The van der Waals surface area contributed by atoms with E-state index in [1.165, 1.54) is 0 Å². The highest BCUT2D eigenvalue weighted by Crippen LogP contribution is 2.28. The molecule has 1 aliphatic carbocycles. The Bertz CT molecular complexity index is 533. The van der Waals surface area contributed by atoms with E-state index < -0.39 is 0 Å². The molecule has 0 bridgehead atoms. The molecule has 1 saturated carbocycles. The van der Waals surface area contributed by atoms with Gasteiger partial charge in [0.1, 0.15) is 5.75 Å². The molecule has 0 atom stereocenters. The minimum atomic E-state index is 0. The Morgan fingerprint density at radius 1 is 1.26 bits per heavy atom. The second-order valence-electron chi connectivity index (χ2n) is 5.27. The number of halogens is 1. The SMILES string of the molecule is CN=C(NCCNC(=O)C1CC1)NCc1cccc(OC)c1.I. The van der Waals surface area contributed by atoms with E-state index in [1.54, 1.807) is 14.2 Å². The molecule has 0 saturated heterocycles. The molecule has 0 heterocycles. The lowest BCUT2D eigenvalue weighted by atomic mass is 10.2. The molecule has 1 aromatic rings. The van der Waals surface area contributed by atoms with Crippen LogP contribution in [-0.2, 0) is 11.3 Å². The summed E-state index contributed by atoms with van der Waals surface area (Å²) in [6, 6.07) is 7.88. The number of nitrogens with one attached hydrogen (secondary N) is 3. The van der Waals surface area contributed by atoms with Crippen LogP contribution in [0.2, 0.25) is 0 Å². The van der Waals surface area contributed by atoms with Crippen LogP contribution in [0, 0.1) is 5.92 Å². The third kappa shape index (κ3) is 7.06. The largest absolute Gasteiger partial charge is 0.497 e. The second kappa shape index (κ2) is 10.3. The summed E-state index contributed by atoms with van der Waals surface area (Å²) in [4.78, 5) is 15.7. The maximum atomic E-state index is 11.5. The fourth-order valence-corrected chi connectivity index (χ4v) is 2.05. The van der Waals surface area contributed by atoms with Gasteiger partial charge in [-0.05, 0) is 30.5 Å². The Kier molecular flexibility index (Phi) is 8.75. The quantitative estimate of drug-likeness (QED) is 0.264. The van der Waals surface area contributed by atoms with Gasteiger partial charge in [-0.1, -0.05) is 12.1 Å². The number of carbonyl (C=O) groups is 1. The molecule has 0 radical (unpaired) electrons. The first kappa shape index (κ1) is 19.5. The van der Waals surface area contributed by atoms with E-state index >= 15 is 0 Å². The van der Waals surface area contributed by atoms with Gasteiger partial charge in [0.15, 0.2) is 5.96 Å². The number of hydrogen-bond donors (Lipinski definition) is 3. The Morgan fingerprint density at radius 2 is 2.00 bits per heavy atom. The lowest BCUT2D eigenvalue weighted by Gasteiger charge is -2.12. The Balaban J connectivity index is 0.00000264. The fraction of sp³-hybridized carbons (Fsp3) is 0.500. The van der Waals surface area contributed by atoms with Crippen molar-refractivity contribution in [2.45, 2.75) is 19.4 Å². The summed E-state index contributed by atoms with van der Waals surface area (Å²) >= 11 is 0. The number of hydrogen-bond acceptors (Lipinski definition) is 3. The molecule has 128 valence electrons. The van der Waals surface area contributed by atoms with Gasteiger partial charge in [0.25, 0.3) is 0 Å². The Morgan fingerprint density at radius 3 is 2.65 bits per heavy atom. The van der Waals surface area contributed by atoms with E-state index in [2.05, 4.69) is 20.9 Å². The first-order valence-electron chi connectivity index (χ1n) is 7.58. The highest BCUT2D eigenvalue weighted by Gasteiger charge is 2.28. The number of guanidine groups is 1. The number of aliphatic imine (C=N–C) groups is 1. The molecule has 1 aliphatic rings. The Labute approximate surface area is 154 Å². The van der Waals surface area contributed by atoms with E-state index in [4.69, 9.17) is 4.74 Å². The monoisotopic (exact) mass is 432 g/mol. The molecule has 1 aromatic carbocycles. The van der Waals surface area contributed by atoms with Gasteiger partial charge in [-0.2, -0.15) is 0 Å². The molecule has 23 heavy (non-hydrogen) atoms. The molecule has 3 N–H and O–H groups in total. The van der Waals surface area contributed by atoms with E-state index in [1.807, 2.05) is 24.3 Å². The first-order valence-corrected chi connectivity index (χ1v) is 7.58. The first-order chi connectivity index (χ1) is 10.7. The number of ether oxygens (including phenoxy) is 1. The van der Waals surface area contributed by atoms with Crippen molar-refractivity contribution in [2.24, 2.45) is 10.9 Å². The van der Waals surface area contributed by atoms with Gasteiger partial charge >= 0.3 is 0 Å². The highest BCUT2D eigenvalue weighted by atomic mass is 127. The van der Waals surface area contributed by atoms with Gasteiger partial charge in [-0.25, -0.2) is 0 Å². The van der Waals surface area contributed by atoms with Crippen molar-refractivity contribution >= 4 is 35.8 Å². The van der Waals surface area contributed by atoms with Crippen LogP contribution in [0.3, 0.4) is 0 Å². The van der Waals surface area contributed by atoms with Crippen molar-refractivity contribution in [1.29, 1.82) is 0 Å². The van der Waals surface area contributed by atoms with Crippen LogP contribution in [0.5, 0.6) is 5.75 Å². The molecular formula is C16H25IN4O2. The minimum Gasteiger partial charge on any atom is -0.497 e. The lowest BCUT2D eigenvalue weighted by molar-refractivity contribution is -0.122. The summed E-state index contributed by atoms with van der Waals surface area (Å²) in [5.41, 5.74) is 1.12. The third-order valence-corrected chi connectivity index (χ3v) is 3.48. The van der Waals surface area contributed by atoms with Crippen molar-refractivity contribution in [1.82, 2.24) is 16.0 Å². The zero-order valence-electron chi connectivity index (χ0n) is 13.6. The third-order valence-electron chi connectivity index (χ3n) is 3.48. The average molecular weight is 432 g/mol. The van der Waals surface area contributed by atoms with Crippen LogP contribution in [0.15, 0.2) is 29.3 Å². The van der Waals surface area contributed by atoms with Gasteiger partial charge in [-0.3, -0.25) is 9.79 Å². The molecule has 6 nitrogen and oxygen atoms in total. The molecule has 0 unspecified atom stereocenters. The predicted octanol–water partition coefficient (Wildman–Crippen LogP) is 1.50. The predicted molar refractivity (Wildman–Crippen MR) is 102 cm³/mol. The summed E-state index contributed by atoms with van der Waals surface area (Å²) < 4.78 is 5.20. The highest BCUT2D eigenvalue weighted by molar-refractivity contribution is 14.0. The molecule has 0 aliphatic heterocycles. The van der Waals surface area contributed by atoms with Crippen LogP contribution in [0.4, 0.5) is 0 Å². The molecule has 2 rings (SSSR count). The van der Waals surface area contributed by atoms with E-state index in [0.717, 1.165) is 24.2 Å². The normalized spacial score (nSPS) is 13.7. The summed E-state index contributed by atoms with van der Waals surface area (Å²) in [5, 5.41) is 9.32. The maximum absolute atomic E-state index is 11.5. The van der Waals surface area contributed by atoms with Crippen molar-refractivity contribution in [3.63, 3.8) is 0 Å². The van der Waals surface area contributed by atoms with E-state index in [0.29, 0.717) is 25.6 Å². The summed E-state index contributed by atoms with van der Waals surface area (Å²) in [6.07, 6.45) is 2.06. The standard InChI is InChI=1S/C16H24N4O2.HI/c1-17-16(19-9-8-18-15(21)13-6-7-13)20-11-12-4-3-5-14(10-12)22-2;/h3-5,10,13H,6-9,11H2,1-2H3,(H,18,21)(H2,17,19,20);1H. The second-order valence-corrected chi connectivity index (χ2v) is 5.27. The summed E-state index contributed by atoms with van der Waals surface area (Å²) in [5.74, 6) is 1.97. The topological polar surface area (TPSA) is 74.8 Å². The van der Waals surface area contributed by atoms with Crippen molar-refractivity contribution < 1.29 is 9.53 Å². The average Bonchev–Trinajstić information content (AvgIpc) is 3.39. The van der Waals surface area contributed by atoms with Crippen LogP contribution in [0.25, 0.3) is 0 Å². The van der Waals surface area contributed by atoms with Crippen LogP contribution >= 0.6 is 24.0 Å². The smallest absolute Gasteiger partial charge is 0.223 e. The molecule has 1 amide bonds. The molecule has 7 heteroatoms. The molecule has 1 fully saturated rings. The van der Waals surface area contributed by atoms with Crippen molar-refractivity contribution in [3.05, 3.63) is 29.8 Å². The number of methoxy groups -OCH3 is 1. The number of carbonyl (C=O) groups excluding carboxylic acids is 1. The molecule has 0 aromatic heterocycles. The van der Waals surface area contributed by atoms with E-state index in [9.17, 15) is 4.79 Å². The van der Waals surface area contributed by atoms with Crippen molar-refractivity contribution in [2.75, 3.05) is 27.2 Å². The van der Waals surface area contributed by atoms with Gasteiger partial charge < -0.3 is 20.7 Å². The number of nitrogens with zero attached hydrogens (tertiary/aromatic N) is 1. The van der Waals surface area contributed by atoms with Gasteiger partial charge in [0, 0.05) is 32.6 Å². The fourth-order valence-electron chi connectivity index (χ4n) is 2.05. The zero-order chi connectivity index (χ0) is 15.8. The molecular weight excluding hydrogens is 407 g/mol. The van der Waals surface area contributed by atoms with Crippen LogP contribution in [0.1, 0.15) is 18.4 Å². The van der Waals surface area contributed by atoms with Gasteiger partial charge in [0.05, 0.1) is 7.11 Å². The van der Waals surface area contributed by atoms with Crippen LogP contribution in [-0.4, -0.2) is 39.1 Å². The van der Waals surface area contributed by atoms with Gasteiger partial charge in [-0.15, -0.1) is 24.0 Å².